The Hall–Kier alpha value is -1.56. The van der Waals surface area contributed by atoms with E-state index in [0.29, 0.717) is 5.82 Å². The molecule has 1 fully saturated rings. The molecule has 6 heteroatoms. The van der Waals surface area contributed by atoms with Crippen molar-refractivity contribution in [1.82, 2.24) is 15.1 Å². The molecule has 1 saturated carbocycles. The Bertz CT molecular complexity index is 486. The van der Waals surface area contributed by atoms with Crippen molar-refractivity contribution < 1.29 is 9.90 Å². The zero-order valence-electron chi connectivity index (χ0n) is 12.4. The summed E-state index contributed by atoms with van der Waals surface area (Å²) in [4.78, 5) is 12.1. The van der Waals surface area contributed by atoms with Crippen LogP contribution in [0.25, 0.3) is 0 Å². The number of aryl methyl sites for hydroxylation is 2. The van der Waals surface area contributed by atoms with Crippen LogP contribution < -0.4 is 10.6 Å². The number of urea groups is 1. The molecular weight excluding hydrogens is 256 g/mol. The van der Waals surface area contributed by atoms with Crippen LogP contribution in [0.3, 0.4) is 0 Å². The lowest BCUT2D eigenvalue weighted by molar-refractivity contribution is 0.122. The van der Waals surface area contributed by atoms with Crippen molar-refractivity contribution in [2.75, 3.05) is 11.9 Å². The lowest BCUT2D eigenvalue weighted by atomic mass is 9.86. The first-order valence-corrected chi connectivity index (χ1v) is 7.20. The molecule has 0 spiro atoms. The highest BCUT2D eigenvalue weighted by Gasteiger charge is 2.39. The van der Waals surface area contributed by atoms with Crippen LogP contribution in [0.15, 0.2) is 6.07 Å². The fourth-order valence-electron chi connectivity index (χ4n) is 2.80. The van der Waals surface area contributed by atoms with E-state index in [-0.39, 0.29) is 24.1 Å². The van der Waals surface area contributed by atoms with Crippen molar-refractivity contribution in [1.29, 1.82) is 0 Å². The van der Waals surface area contributed by atoms with Crippen molar-refractivity contribution in [3.05, 3.63) is 11.8 Å². The molecule has 1 aromatic heterocycles. The fourth-order valence-corrected chi connectivity index (χ4v) is 2.80. The molecule has 3 N–H and O–H groups in total. The monoisotopic (exact) mass is 280 g/mol. The van der Waals surface area contributed by atoms with E-state index in [1.807, 2.05) is 27.0 Å². The number of nitrogens with one attached hydrogen (secondary N) is 2. The second kappa shape index (κ2) is 5.83. The number of amides is 2. The molecule has 2 amide bonds. The van der Waals surface area contributed by atoms with Crippen LogP contribution in [0.4, 0.5) is 10.6 Å². The average Bonchev–Trinajstić information content (AvgIpc) is 2.95. The van der Waals surface area contributed by atoms with Crippen LogP contribution in [0.1, 0.15) is 38.8 Å². The van der Waals surface area contributed by atoms with Crippen LogP contribution >= 0.6 is 0 Å². The SMILES string of the molecule is CCc1cc(NC(=O)NC2CCCC2(C)CO)n(C)n1. The number of hydrogen-bond acceptors (Lipinski definition) is 3. The van der Waals surface area contributed by atoms with Crippen LogP contribution in [0.5, 0.6) is 0 Å². The molecule has 0 saturated heterocycles. The molecule has 6 nitrogen and oxygen atoms in total. The largest absolute Gasteiger partial charge is 0.396 e. The lowest BCUT2D eigenvalue weighted by Crippen LogP contribution is -2.46. The first kappa shape index (κ1) is 14.8. The van der Waals surface area contributed by atoms with Gasteiger partial charge in [-0.15, -0.1) is 0 Å². The molecule has 2 atom stereocenters. The maximum atomic E-state index is 12.1. The Balaban J connectivity index is 1.97. The zero-order chi connectivity index (χ0) is 14.8. The molecule has 0 aromatic carbocycles. The summed E-state index contributed by atoms with van der Waals surface area (Å²) in [5.41, 5.74) is 0.738. The minimum absolute atomic E-state index is 0.0198. The van der Waals surface area contributed by atoms with Crippen molar-refractivity contribution >= 4 is 11.8 Å². The van der Waals surface area contributed by atoms with Gasteiger partial charge >= 0.3 is 6.03 Å². The minimum Gasteiger partial charge on any atom is -0.396 e. The van der Waals surface area contributed by atoms with Crippen LogP contribution in [-0.2, 0) is 13.5 Å². The lowest BCUT2D eigenvalue weighted by Gasteiger charge is -2.30. The number of aliphatic hydroxyl groups excluding tert-OH is 1. The van der Waals surface area contributed by atoms with Gasteiger partial charge in [-0.1, -0.05) is 20.3 Å². The van der Waals surface area contributed by atoms with Gasteiger partial charge in [-0.3, -0.25) is 10.00 Å². The number of anilines is 1. The molecule has 0 aliphatic heterocycles. The maximum absolute atomic E-state index is 12.1. The second-order valence-corrected chi connectivity index (χ2v) is 5.85. The highest BCUT2D eigenvalue weighted by Crippen LogP contribution is 2.37. The van der Waals surface area contributed by atoms with Crippen LogP contribution in [-0.4, -0.2) is 33.6 Å². The Morgan fingerprint density at radius 2 is 2.40 bits per heavy atom. The molecule has 0 bridgehead atoms. The van der Waals surface area contributed by atoms with Gasteiger partial charge < -0.3 is 10.4 Å². The fraction of sp³-hybridized carbons (Fsp3) is 0.714. The number of aliphatic hydroxyl groups is 1. The number of aromatic nitrogens is 2. The van der Waals surface area contributed by atoms with Crippen molar-refractivity contribution in [2.24, 2.45) is 12.5 Å². The van der Waals surface area contributed by atoms with Gasteiger partial charge in [0, 0.05) is 24.6 Å². The summed E-state index contributed by atoms with van der Waals surface area (Å²) < 4.78 is 1.66. The molecule has 2 rings (SSSR count). The number of nitrogens with zero attached hydrogens (tertiary/aromatic N) is 2. The molecular formula is C14H24N4O2. The average molecular weight is 280 g/mol. The van der Waals surface area contributed by atoms with Crippen molar-refractivity contribution in [2.45, 2.75) is 45.6 Å². The third kappa shape index (κ3) is 2.95. The standard InChI is InChI=1S/C14H24N4O2/c1-4-10-8-12(18(3)17-10)16-13(20)15-11-6-5-7-14(11,2)9-19/h8,11,19H,4-7,9H2,1-3H3,(H2,15,16,20). The quantitative estimate of drug-likeness (QED) is 0.784. The summed E-state index contributed by atoms with van der Waals surface area (Å²) in [5, 5.41) is 19.6. The first-order chi connectivity index (χ1) is 9.48. The third-order valence-corrected chi connectivity index (χ3v) is 4.28. The van der Waals surface area contributed by atoms with E-state index in [4.69, 9.17) is 0 Å². The molecule has 112 valence electrons. The van der Waals surface area contributed by atoms with Crippen molar-refractivity contribution in [3.63, 3.8) is 0 Å². The van der Waals surface area contributed by atoms with E-state index in [1.165, 1.54) is 0 Å². The number of hydrogen-bond donors (Lipinski definition) is 3. The Morgan fingerprint density at radius 3 is 3.00 bits per heavy atom. The first-order valence-electron chi connectivity index (χ1n) is 7.20. The summed E-state index contributed by atoms with van der Waals surface area (Å²) in [6, 6.07) is 1.66. The smallest absolute Gasteiger partial charge is 0.320 e. The van der Waals surface area contributed by atoms with Gasteiger partial charge in [0.25, 0.3) is 0 Å². The van der Waals surface area contributed by atoms with E-state index >= 15 is 0 Å². The highest BCUT2D eigenvalue weighted by atomic mass is 16.3. The summed E-state index contributed by atoms with van der Waals surface area (Å²) in [7, 11) is 1.81. The molecule has 1 aromatic rings. The van der Waals surface area contributed by atoms with Gasteiger partial charge in [-0.2, -0.15) is 5.10 Å². The predicted molar refractivity (Wildman–Crippen MR) is 77.6 cm³/mol. The van der Waals surface area contributed by atoms with E-state index < -0.39 is 0 Å². The molecule has 20 heavy (non-hydrogen) atoms. The Morgan fingerprint density at radius 1 is 1.65 bits per heavy atom. The summed E-state index contributed by atoms with van der Waals surface area (Å²) >= 11 is 0. The van der Waals surface area contributed by atoms with Gasteiger partial charge in [0.1, 0.15) is 5.82 Å². The second-order valence-electron chi connectivity index (χ2n) is 5.85. The highest BCUT2D eigenvalue weighted by molar-refractivity contribution is 5.88. The summed E-state index contributed by atoms with van der Waals surface area (Å²) in [5.74, 6) is 0.683. The predicted octanol–water partition coefficient (Wildman–Crippen LogP) is 1.66. The van der Waals surface area contributed by atoms with Gasteiger partial charge in [-0.25, -0.2) is 4.79 Å². The van der Waals surface area contributed by atoms with E-state index in [9.17, 15) is 9.90 Å². The van der Waals surface area contributed by atoms with Gasteiger partial charge in [0.05, 0.1) is 12.3 Å². The van der Waals surface area contributed by atoms with E-state index in [2.05, 4.69) is 15.7 Å². The molecule has 1 aliphatic rings. The molecule has 2 unspecified atom stereocenters. The minimum atomic E-state index is -0.234. The maximum Gasteiger partial charge on any atom is 0.320 e. The zero-order valence-corrected chi connectivity index (χ0v) is 12.4. The van der Waals surface area contributed by atoms with Gasteiger partial charge in [0.2, 0.25) is 0 Å². The Labute approximate surface area is 119 Å². The van der Waals surface area contributed by atoms with Gasteiger partial charge in [-0.05, 0) is 19.3 Å². The molecule has 1 aliphatic carbocycles. The van der Waals surface area contributed by atoms with Crippen LogP contribution in [0, 0.1) is 5.41 Å². The molecule has 1 heterocycles. The normalized spacial score (nSPS) is 25.7. The Kier molecular flexibility index (Phi) is 4.32. The summed E-state index contributed by atoms with van der Waals surface area (Å²) in [6.07, 6.45) is 3.73. The van der Waals surface area contributed by atoms with E-state index in [1.54, 1.807) is 4.68 Å². The molecule has 0 radical (unpaired) electrons. The number of carbonyl (C=O) groups is 1. The number of carbonyl (C=O) groups excluding carboxylic acids is 1. The van der Waals surface area contributed by atoms with Crippen LogP contribution in [0.2, 0.25) is 0 Å². The van der Waals surface area contributed by atoms with Gasteiger partial charge in [0.15, 0.2) is 0 Å². The third-order valence-electron chi connectivity index (χ3n) is 4.28. The topological polar surface area (TPSA) is 79.2 Å². The summed E-state index contributed by atoms with van der Waals surface area (Å²) in [6.45, 7) is 4.14. The number of rotatable bonds is 4. The van der Waals surface area contributed by atoms with E-state index in [0.717, 1.165) is 31.4 Å². The van der Waals surface area contributed by atoms with Crippen molar-refractivity contribution in [3.8, 4) is 0 Å².